The lowest BCUT2D eigenvalue weighted by atomic mass is 10.1. The molecule has 0 saturated carbocycles. The molecule has 2 aromatic rings. The van der Waals surface area contributed by atoms with Crippen LogP contribution in [0.15, 0.2) is 48.5 Å². The molecule has 2 saturated heterocycles. The number of carbonyl (C=O) groups excluding carboxylic acids is 3. The smallest absolute Gasteiger partial charge is 0.410 e. The highest BCUT2D eigenvalue weighted by Gasteiger charge is 2.42. The van der Waals surface area contributed by atoms with Gasteiger partial charge in [-0.3, -0.25) is 29.9 Å². The van der Waals surface area contributed by atoms with Crippen molar-refractivity contribution in [2.45, 2.75) is 43.8 Å². The predicted octanol–water partition coefficient (Wildman–Crippen LogP) is 4.02. The molecule has 2 heterocycles. The fourth-order valence-electron chi connectivity index (χ4n) is 5.11. The van der Waals surface area contributed by atoms with Crippen LogP contribution in [0.25, 0.3) is 0 Å². The predicted molar refractivity (Wildman–Crippen MR) is 156 cm³/mol. The minimum absolute atomic E-state index is 0.00673. The molecule has 2 fully saturated rings. The Hall–Kier alpha value is -4.40. The van der Waals surface area contributed by atoms with E-state index in [9.17, 15) is 34.6 Å². The van der Waals surface area contributed by atoms with Crippen LogP contribution in [0.1, 0.15) is 30.4 Å². The van der Waals surface area contributed by atoms with Gasteiger partial charge in [-0.05, 0) is 60.6 Å². The number of amides is 3. The van der Waals surface area contributed by atoms with E-state index in [1.807, 2.05) is 0 Å². The minimum Gasteiger partial charge on any atom is -0.445 e. The van der Waals surface area contributed by atoms with Gasteiger partial charge in [0.25, 0.3) is 11.4 Å². The molecule has 2 aliphatic rings. The molecule has 0 aromatic heterocycles. The molecular weight excluding hydrogens is 582 g/mol. The maximum absolute atomic E-state index is 13.4. The summed E-state index contributed by atoms with van der Waals surface area (Å²) in [5, 5.41) is 21.4. The SMILES string of the molecule is CN(CC[C@@H]1CCN(C(=O)[C@@H]2C[C@H](S)CN2C(=O)OCc2ccc([N+](=O)[O-])cc2)C1)C(=O)OCc1ccc([N+](=O)[O-])cc1. The van der Waals surface area contributed by atoms with E-state index in [4.69, 9.17) is 9.47 Å². The van der Waals surface area contributed by atoms with Crippen molar-refractivity contribution in [2.24, 2.45) is 5.92 Å². The van der Waals surface area contributed by atoms with Crippen molar-refractivity contribution < 1.29 is 33.7 Å². The highest BCUT2D eigenvalue weighted by molar-refractivity contribution is 7.81. The average Bonchev–Trinajstić information content (AvgIpc) is 3.64. The fraction of sp³-hybridized carbons (Fsp3) is 0.464. The Morgan fingerprint density at radius 2 is 1.49 bits per heavy atom. The standard InChI is InChI=1S/C28H33N5O9S/c1-29(27(35)41-17-20-2-6-22(7-3-20)32(37)38)12-10-19-11-13-30(15-19)26(34)25-14-24(43)16-31(25)28(36)42-18-21-4-8-23(9-5-21)33(39)40/h2-9,19,24-25,43H,10-18H2,1H3/t19-,24+,25+/m1/s1. The molecule has 14 nitrogen and oxygen atoms in total. The van der Waals surface area contributed by atoms with Gasteiger partial charge < -0.3 is 19.3 Å². The maximum Gasteiger partial charge on any atom is 0.410 e. The molecule has 0 bridgehead atoms. The van der Waals surface area contributed by atoms with Crippen molar-refractivity contribution in [2.75, 3.05) is 33.2 Å². The normalized spacial score (nSPS) is 19.6. The lowest BCUT2D eigenvalue weighted by Crippen LogP contribution is -2.47. The molecule has 0 unspecified atom stereocenters. The number of nitrogens with zero attached hydrogens (tertiary/aromatic N) is 5. The Labute approximate surface area is 253 Å². The summed E-state index contributed by atoms with van der Waals surface area (Å²) in [6.45, 7) is 1.65. The molecule has 3 amide bonds. The van der Waals surface area contributed by atoms with E-state index in [2.05, 4.69) is 12.6 Å². The first-order valence-electron chi connectivity index (χ1n) is 13.8. The van der Waals surface area contributed by atoms with Gasteiger partial charge in [-0.1, -0.05) is 0 Å². The maximum atomic E-state index is 13.4. The highest BCUT2D eigenvalue weighted by atomic mass is 32.1. The molecule has 4 rings (SSSR count). The van der Waals surface area contributed by atoms with E-state index in [0.29, 0.717) is 43.6 Å². The van der Waals surface area contributed by atoms with Gasteiger partial charge in [0.05, 0.1) is 9.85 Å². The van der Waals surface area contributed by atoms with Crippen LogP contribution in [-0.4, -0.2) is 87.2 Å². The fourth-order valence-corrected chi connectivity index (χ4v) is 5.48. The molecule has 0 spiro atoms. The first-order valence-corrected chi connectivity index (χ1v) is 14.3. The lowest BCUT2D eigenvalue weighted by Gasteiger charge is -2.27. The summed E-state index contributed by atoms with van der Waals surface area (Å²) >= 11 is 4.50. The third kappa shape index (κ3) is 8.34. The highest BCUT2D eigenvalue weighted by Crippen LogP contribution is 2.28. The molecule has 0 radical (unpaired) electrons. The van der Waals surface area contributed by atoms with Crippen LogP contribution >= 0.6 is 12.6 Å². The Bertz CT molecular complexity index is 1340. The van der Waals surface area contributed by atoms with Crippen LogP contribution in [0.2, 0.25) is 0 Å². The Morgan fingerprint density at radius 3 is 2.05 bits per heavy atom. The number of thiol groups is 1. The molecule has 230 valence electrons. The summed E-state index contributed by atoms with van der Waals surface area (Å²) in [7, 11) is 1.63. The monoisotopic (exact) mass is 615 g/mol. The number of rotatable bonds is 10. The molecule has 0 N–H and O–H groups in total. The number of hydrogen-bond acceptors (Lipinski definition) is 10. The van der Waals surface area contributed by atoms with Crippen LogP contribution < -0.4 is 0 Å². The van der Waals surface area contributed by atoms with Crippen molar-refractivity contribution >= 4 is 42.1 Å². The zero-order valence-electron chi connectivity index (χ0n) is 23.6. The summed E-state index contributed by atoms with van der Waals surface area (Å²) in [5.74, 6) is 0.00631. The lowest BCUT2D eigenvalue weighted by molar-refractivity contribution is -0.385. The number of non-ortho nitro benzene ring substituents is 2. The summed E-state index contributed by atoms with van der Waals surface area (Å²) in [5.41, 5.74) is 1.12. The van der Waals surface area contributed by atoms with E-state index in [1.54, 1.807) is 11.9 Å². The first kappa shape index (κ1) is 31.5. The van der Waals surface area contributed by atoms with Gasteiger partial charge in [-0.25, -0.2) is 9.59 Å². The van der Waals surface area contributed by atoms with E-state index in [1.165, 1.54) is 58.3 Å². The summed E-state index contributed by atoms with van der Waals surface area (Å²) in [4.78, 5) is 63.9. The molecular formula is C28H33N5O9S. The Balaban J connectivity index is 1.21. The average molecular weight is 616 g/mol. The molecule has 15 heteroatoms. The Kier molecular flexibility index (Phi) is 10.4. The minimum atomic E-state index is -0.692. The van der Waals surface area contributed by atoms with Crippen LogP contribution in [0.3, 0.4) is 0 Å². The summed E-state index contributed by atoms with van der Waals surface area (Å²) in [6.07, 6.45) is 0.669. The van der Waals surface area contributed by atoms with Crippen LogP contribution in [-0.2, 0) is 27.5 Å². The summed E-state index contributed by atoms with van der Waals surface area (Å²) < 4.78 is 10.7. The van der Waals surface area contributed by atoms with Crippen molar-refractivity contribution in [3.05, 3.63) is 79.9 Å². The summed E-state index contributed by atoms with van der Waals surface area (Å²) in [6, 6.07) is 10.8. The van der Waals surface area contributed by atoms with Crippen molar-refractivity contribution in [1.82, 2.24) is 14.7 Å². The number of nitro benzene ring substituents is 2. The van der Waals surface area contributed by atoms with Gasteiger partial charge in [0.1, 0.15) is 19.3 Å². The molecule has 2 aliphatic heterocycles. The molecule has 43 heavy (non-hydrogen) atoms. The topological polar surface area (TPSA) is 166 Å². The largest absolute Gasteiger partial charge is 0.445 e. The third-order valence-corrected chi connectivity index (χ3v) is 7.97. The number of hydrogen-bond donors (Lipinski definition) is 1. The third-order valence-electron chi connectivity index (χ3n) is 7.60. The zero-order valence-corrected chi connectivity index (χ0v) is 24.5. The van der Waals surface area contributed by atoms with Crippen molar-refractivity contribution in [3.63, 3.8) is 0 Å². The zero-order chi connectivity index (χ0) is 31.1. The quantitative estimate of drug-likeness (QED) is 0.236. The van der Waals surface area contributed by atoms with Crippen LogP contribution in [0.4, 0.5) is 21.0 Å². The van der Waals surface area contributed by atoms with Gasteiger partial charge in [0.2, 0.25) is 5.91 Å². The van der Waals surface area contributed by atoms with E-state index in [0.717, 1.165) is 6.42 Å². The van der Waals surface area contributed by atoms with Gasteiger partial charge in [-0.15, -0.1) is 0 Å². The first-order chi connectivity index (χ1) is 20.5. The van der Waals surface area contributed by atoms with Crippen molar-refractivity contribution in [1.29, 1.82) is 0 Å². The molecule has 2 aromatic carbocycles. The second-order valence-electron chi connectivity index (χ2n) is 10.7. The second-order valence-corrected chi connectivity index (χ2v) is 11.4. The van der Waals surface area contributed by atoms with E-state index >= 15 is 0 Å². The number of nitro groups is 2. The molecule has 3 atom stereocenters. The van der Waals surface area contributed by atoms with E-state index < -0.39 is 28.1 Å². The Morgan fingerprint density at radius 1 is 0.930 bits per heavy atom. The van der Waals surface area contributed by atoms with Crippen molar-refractivity contribution in [3.8, 4) is 0 Å². The van der Waals surface area contributed by atoms with Crippen LogP contribution in [0, 0.1) is 26.1 Å². The van der Waals surface area contributed by atoms with Gasteiger partial charge in [-0.2, -0.15) is 12.6 Å². The molecule has 0 aliphatic carbocycles. The number of benzene rings is 2. The number of ether oxygens (including phenoxy) is 2. The van der Waals surface area contributed by atoms with Crippen LogP contribution in [0.5, 0.6) is 0 Å². The number of likely N-dealkylation sites (tertiary alicyclic amines) is 2. The van der Waals surface area contributed by atoms with Gasteiger partial charge in [0.15, 0.2) is 0 Å². The van der Waals surface area contributed by atoms with Gasteiger partial charge in [0, 0.05) is 62.7 Å². The second kappa shape index (κ2) is 14.2. The van der Waals surface area contributed by atoms with E-state index in [-0.39, 0.29) is 48.2 Å². The number of carbonyl (C=O) groups is 3. The van der Waals surface area contributed by atoms with Gasteiger partial charge >= 0.3 is 12.2 Å².